The molecule has 1 amide bonds. The van der Waals surface area contributed by atoms with Crippen molar-refractivity contribution >= 4 is 34.0 Å². The van der Waals surface area contributed by atoms with Crippen LogP contribution >= 0.6 is 0 Å². The van der Waals surface area contributed by atoms with Crippen molar-refractivity contribution in [2.75, 3.05) is 4.90 Å². The van der Waals surface area contributed by atoms with Crippen LogP contribution in [0.3, 0.4) is 0 Å². The molecule has 1 aromatic heterocycles. The number of aliphatic hydroxyl groups excluding tert-OH is 1. The van der Waals surface area contributed by atoms with Gasteiger partial charge in [0.25, 0.3) is 11.7 Å². The number of anilines is 1. The smallest absolute Gasteiger partial charge is 0.300 e. The molecule has 2 heterocycles. The number of carbonyl (C=O) groups excluding carboxylic acids is 2. The van der Waals surface area contributed by atoms with Gasteiger partial charge < -0.3 is 14.8 Å². The fourth-order valence-electron chi connectivity index (χ4n) is 5.03. The zero-order valence-electron chi connectivity index (χ0n) is 21.4. The maximum absolute atomic E-state index is 13.5. The van der Waals surface area contributed by atoms with Crippen LogP contribution in [0.25, 0.3) is 16.7 Å². The van der Waals surface area contributed by atoms with Crippen molar-refractivity contribution < 1.29 is 19.4 Å². The van der Waals surface area contributed by atoms with Gasteiger partial charge >= 0.3 is 0 Å². The van der Waals surface area contributed by atoms with Crippen molar-refractivity contribution in [2.45, 2.75) is 46.3 Å². The normalized spacial score (nSPS) is 17.2. The molecule has 2 N–H and O–H groups in total. The maximum atomic E-state index is 13.5. The summed E-state index contributed by atoms with van der Waals surface area (Å²) in [5.41, 5.74) is 4.76. The van der Waals surface area contributed by atoms with E-state index in [1.165, 1.54) is 4.90 Å². The highest BCUT2D eigenvalue weighted by atomic mass is 16.5. The lowest BCUT2D eigenvalue weighted by Crippen LogP contribution is -2.29. The average Bonchev–Trinajstić information content (AvgIpc) is 3.35. The molecule has 1 saturated heterocycles. The first-order chi connectivity index (χ1) is 17.8. The molecule has 0 bridgehead atoms. The first-order valence-electron chi connectivity index (χ1n) is 12.5. The summed E-state index contributed by atoms with van der Waals surface area (Å²) in [7, 11) is 0. The van der Waals surface area contributed by atoms with Gasteiger partial charge in [-0.1, -0.05) is 37.3 Å². The van der Waals surface area contributed by atoms with Crippen molar-refractivity contribution in [1.29, 1.82) is 0 Å². The van der Waals surface area contributed by atoms with Gasteiger partial charge in [0.2, 0.25) is 0 Å². The van der Waals surface area contributed by atoms with Crippen molar-refractivity contribution in [1.82, 2.24) is 4.98 Å². The lowest BCUT2D eigenvalue weighted by Gasteiger charge is -2.26. The lowest BCUT2D eigenvalue weighted by molar-refractivity contribution is -0.132. The Labute approximate surface area is 216 Å². The third-order valence-electron chi connectivity index (χ3n) is 6.78. The van der Waals surface area contributed by atoms with Gasteiger partial charge in [-0.2, -0.15) is 0 Å². The fraction of sp³-hybridized carbons (Fsp3) is 0.226. The van der Waals surface area contributed by atoms with E-state index in [-0.39, 0.29) is 17.4 Å². The molecule has 0 spiro atoms. The number of Topliss-reactive ketones (excluding diaryl/α,β-unsaturated/α-hetero) is 1. The third kappa shape index (κ3) is 4.29. The first-order valence-corrected chi connectivity index (χ1v) is 12.5. The van der Waals surface area contributed by atoms with Crippen LogP contribution in [0.5, 0.6) is 5.75 Å². The molecule has 1 atom stereocenters. The number of H-pyrrole nitrogens is 1. The number of benzene rings is 3. The van der Waals surface area contributed by atoms with Crippen molar-refractivity contribution in [3.63, 3.8) is 0 Å². The number of para-hydroxylation sites is 1. The number of aryl methyl sites for hydroxylation is 2. The molecule has 4 aromatic rings. The van der Waals surface area contributed by atoms with E-state index in [1.54, 1.807) is 24.3 Å². The molecule has 188 valence electrons. The highest BCUT2D eigenvalue weighted by Gasteiger charge is 2.48. The minimum atomic E-state index is -0.796. The zero-order chi connectivity index (χ0) is 26.3. The van der Waals surface area contributed by atoms with Crippen LogP contribution < -0.4 is 9.64 Å². The Morgan fingerprint density at radius 3 is 2.32 bits per heavy atom. The lowest BCUT2D eigenvalue weighted by atomic mass is 9.93. The van der Waals surface area contributed by atoms with Crippen molar-refractivity contribution in [2.24, 2.45) is 0 Å². The number of ether oxygens (including phenoxy) is 1. The quantitative estimate of drug-likeness (QED) is 0.183. The second kappa shape index (κ2) is 9.62. The van der Waals surface area contributed by atoms with E-state index in [1.807, 2.05) is 69.3 Å². The van der Waals surface area contributed by atoms with Crippen LogP contribution in [0, 0.1) is 6.92 Å². The van der Waals surface area contributed by atoms with Gasteiger partial charge in [0.05, 0.1) is 17.7 Å². The van der Waals surface area contributed by atoms with E-state index in [9.17, 15) is 14.7 Å². The van der Waals surface area contributed by atoms with Gasteiger partial charge in [0, 0.05) is 33.4 Å². The van der Waals surface area contributed by atoms with E-state index in [4.69, 9.17) is 4.74 Å². The number of hydrogen-bond acceptors (Lipinski definition) is 4. The number of hydrogen-bond donors (Lipinski definition) is 2. The summed E-state index contributed by atoms with van der Waals surface area (Å²) in [6, 6.07) is 21.5. The predicted octanol–water partition coefficient (Wildman–Crippen LogP) is 6.45. The number of rotatable bonds is 6. The van der Waals surface area contributed by atoms with Gasteiger partial charge in [0.1, 0.15) is 11.5 Å². The molecule has 0 radical (unpaired) electrons. The molecule has 37 heavy (non-hydrogen) atoms. The second-order valence-corrected chi connectivity index (χ2v) is 9.59. The Kier molecular flexibility index (Phi) is 6.34. The van der Waals surface area contributed by atoms with Crippen LogP contribution in [0.15, 0.2) is 78.4 Å². The average molecular weight is 495 g/mol. The Bertz CT molecular complexity index is 1510. The Morgan fingerprint density at radius 1 is 1.00 bits per heavy atom. The highest BCUT2D eigenvalue weighted by molar-refractivity contribution is 6.52. The zero-order valence-corrected chi connectivity index (χ0v) is 21.4. The number of nitrogens with one attached hydrogen (secondary N) is 1. The summed E-state index contributed by atoms with van der Waals surface area (Å²) in [5.74, 6) is -0.932. The third-order valence-corrected chi connectivity index (χ3v) is 6.78. The Hall–Kier alpha value is -4.32. The monoisotopic (exact) mass is 494 g/mol. The van der Waals surface area contributed by atoms with Gasteiger partial charge in [-0.3, -0.25) is 14.5 Å². The summed E-state index contributed by atoms with van der Waals surface area (Å²) in [5, 5.41) is 12.4. The van der Waals surface area contributed by atoms with Crippen LogP contribution in [0.1, 0.15) is 49.2 Å². The Balaban J connectivity index is 1.72. The van der Waals surface area contributed by atoms with E-state index < -0.39 is 17.7 Å². The van der Waals surface area contributed by atoms with E-state index in [0.29, 0.717) is 17.0 Å². The number of fused-ring (bicyclic) bond motifs is 1. The van der Waals surface area contributed by atoms with Crippen LogP contribution in [0.4, 0.5) is 5.69 Å². The fourth-order valence-corrected chi connectivity index (χ4v) is 5.03. The molecular formula is C31H30N2O4. The van der Waals surface area contributed by atoms with Crippen molar-refractivity contribution in [3.05, 3.63) is 101 Å². The summed E-state index contributed by atoms with van der Waals surface area (Å²) in [4.78, 5) is 32.0. The molecular weight excluding hydrogens is 464 g/mol. The number of aliphatic hydroxyl groups is 1. The maximum Gasteiger partial charge on any atom is 0.300 e. The molecule has 6 heteroatoms. The molecule has 1 aliphatic rings. The first kappa shape index (κ1) is 24.4. The summed E-state index contributed by atoms with van der Waals surface area (Å²) >= 11 is 0. The molecule has 0 saturated carbocycles. The topological polar surface area (TPSA) is 82.6 Å². The number of aromatic nitrogens is 1. The number of nitrogens with zero attached hydrogens (tertiary/aromatic N) is 1. The molecule has 1 unspecified atom stereocenters. The number of amides is 1. The minimum absolute atomic E-state index is 0.00807. The number of aromatic amines is 1. The summed E-state index contributed by atoms with van der Waals surface area (Å²) in [6.07, 6.45) is 0.870. The van der Waals surface area contributed by atoms with E-state index in [0.717, 1.165) is 34.1 Å². The minimum Gasteiger partial charge on any atom is -0.507 e. The molecule has 1 aliphatic heterocycles. The molecule has 1 fully saturated rings. The summed E-state index contributed by atoms with van der Waals surface area (Å²) in [6.45, 7) is 7.86. The van der Waals surface area contributed by atoms with Gasteiger partial charge in [-0.25, -0.2) is 0 Å². The number of carbonyl (C=O) groups is 2. The molecule has 0 aliphatic carbocycles. The predicted molar refractivity (Wildman–Crippen MR) is 146 cm³/mol. The van der Waals surface area contributed by atoms with Crippen molar-refractivity contribution in [3.8, 4) is 5.75 Å². The SMILES string of the molecule is CCc1ccc(N2C(=O)C(=O)/C(=C(/O)c3ccc(OC(C)C)cc3)C2c2c(C)[nH]c3ccccc23)cc1. The van der Waals surface area contributed by atoms with Crippen LogP contribution in [-0.2, 0) is 16.0 Å². The largest absolute Gasteiger partial charge is 0.507 e. The Morgan fingerprint density at radius 2 is 1.68 bits per heavy atom. The van der Waals surface area contributed by atoms with E-state index >= 15 is 0 Å². The van der Waals surface area contributed by atoms with Gasteiger partial charge in [-0.15, -0.1) is 0 Å². The second-order valence-electron chi connectivity index (χ2n) is 9.59. The standard InChI is InChI=1S/C31H30N2O4/c1-5-20-10-14-22(15-11-20)33-28(26-19(4)32-25-9-7-6-8-24(25)26)27(30(35)31(33)36)29(34)21-12-16-23(17-13-21)37-18(2)3/h6-18,28,32,34H,5H2,1-4H3/b29-27+. The summed E-state index contributed by atoms with van der Waals surface area (Å²) < 4.78 is 5.72. The van der Waals surface area contributed by atoms with Gasteiger partial charge in [0.15, 0.2) is 0 Å². The van der Waals surface area contributed by atoms with E-state index in [2.05, 4.69) is 11.9 Å². The highest BCUT2D eigenvalue weighted by Crippen LogP contribution is 2.45. The molecule has 6 nitrogen and oxygen atoms in total. The number of ketones is 1. The van der Waals surface area contributed by atoms with Gasteiger partial charge in [-0.05, 0) is 75.2 Å². The molecule has 3 aromatic carbocycles. The van der Waals surface area contributed by atoms with Crippen LogP contribution in [-0.4, -0.2) is 27.9 Å². The molecule has 5 rings (SSSR count). The van der Waals surface area contributed by atoms with Crippen LogP contribution in [0.2, 0.25) is 0 Å².